The zero-order valence-corrected chi connectivity index (χ0v) is 9.74. The summed E-state index contributed by atoms with van der Waals surface area (Å²) in [5, 5.41) is 0. The van der Waals surface area contributed by atoms with Crippen molar-refractivity contribution in [3.63, 3.8) is 0 Å². The fourth-order valence-corrected chi connectivity index (χ4v) is 2.53. The second-order valence-corrected chi connectivity index (χ2v) is 5.13. The minimum atomic E-state index is 0.337. The molecule has 0 N–H and O–H groups in total. The van der Waals surface area contributed by atoms with Crippen molar-refractivity contribution >= 4 is 5.91 Å². The minimum Gasteiger partial charge on any atom is -0.379 e. The lowest BCUT2D eigenvalue weighted by molar-refractivity contribution is -0.132. The fraction of sp³-hybridized carbons (Fsp3) is 0.917. The molecule has 0 aromatic rings. The molecule has 2 aliphatic heterocycles. The largest absolute Gasteiger partial charge is 0.379 e. The Morgan fingerprint density at radius 1 is 1.47 bits per heavy atom. The molecule has 3 nitrogen and oxygen atoms in total. The first-order chi connectivity index (χ1) is 7.18. The first-order valence-corrected chi connectivity index (χ1v) is 6.05. The van der Waals surface area contributed by atoms with Crippen LogP contribution in [0.1, 0.15) is 33.1 Å². The van der Waals surface area contributed by atoms with E-state index in [1.54, 1.807) is 0 Å². The van der Waals surface area contributed by atoms with Gasteiger partial charge in [0.25, 0.3) is 0 Å². The van der Waals surface area contributed by atoms with Crippen molar-refractivity contribution in [1.29, 1.82) is 0 Å². The summed E-state index contributed by atoms with van der Waals surface area (Å²) in [5.41, 5.74) is 0. The van der Waals surface area contributed by atoms with Gasteiger partial charge in [0.15, 0.2) is 0 Å². The highest BCUT2D eigenvalue weighted by Gasteiger charge is 2.36. The maximum Gasteiger partial charge on any atom is 0.223 e. The van der Waals surface area contributed by atoms with Gasteiger partial charge in [-0.05, 0) is 24.7 Å². The van der Waals surface area contributed by atoms with E-state index in [0.717, 1.165) is 39.0 Å². The Morgan fingerprint density at radius 2 is 2.27 bits per heavy atom. The third-order valence-electron chi connectivity index (χ3n) is 3.71. The summed E-state index contributed by atoms with van der Waals surface area (Å²) >= 11 is 0. The molecule has 2 rings (SSSR count). The number of carbonyl (C=O) groups is 1. The van der Waals surface area contributed by atoms with E-state index in [2.05, 4.69) is 18.7 Å². The summed E-state index contributed by atoms with van der Waals surface area (Å²) in [4.78, 5) is 13.9. The van der Waals surface area contributed by atoms with Crippen LogP contribution in [0.15, 0.2) is 0 Å². The Labute approximate surface area is 91.8 Å². The molecule has 0 radical (unpaired) electrons. The van der Waals surface area contributed by atoms with E-state index in [1.165, 1.54) is 0 Å². The van der Waals surface area contributed by atoms with E-state index in [1.807, 2.05) is 0 Å². The third-order valence-corrected chi connectivity index (χ3v) is 3.71. The van der Waals surface area contributed by atoms with E-state index >= 15 is 0 Å². The van der Waals surface area contributed by atoms with Crippen LogP contribution in [0, 0.1) is 11.8 Å². The topological polar surface area (TPSA) is 29.5 Å². The van der Waals surface area contributed by atoms with Crippen LogP contribution >= 0.6 is 0 Å². The zero-order chi connectivity index (χ0) is 10.8. The van der Waals surface area contributed by atoms with Gasteiger partial charge in [-0.3, -0.25) is 4.79 Å². The number of carbonyl (C=O) groups excluding carboxylic acids is 1. The lowest BCUT2D eigenvalue weighted by atomic mass is 9.95. The molecule has 2 aliphatic rings. The Morgan fingerprint density at radius 3 is 2.80 bits per heavy atom. The predicted molar refractivity (Wildman–Crippen MR) is 58.5 cm³/mol. The zero-order valence-electron chi connectivity index (χ0n) is 9.74. The van der Waals surface area contributed by atoms with Crippen molar-refractivity contribution in [2.45, 2.75) is 39.2 Å². The maximum absolute atomic E-state index is 11.9. The van der Waals surface area contributed by atoms with E-state index < -0.39 is 0 Å². The molecule has 1 unspecified atom stereocenters. The smallest absolute Gasteiger partial charge is 0.223 e. The van der Waals surface area contributed by atoms with E-state index in [4.69, 9.17) is 4.74 Å². The summed E-state index contributed by atoms with van der Waals surface area (Å²) in [7, 11) is 0. The lowest BCUT2D eigenvalue weighted by Gasteiger charge is -2.31. The Hall–Kier alpha value is -0.570. The van der Waals surface area contributed by atoms with Gasteiger partial charge in [0, 0.05) is 19.6 Å². The average Bonchev–Trinajstić information content (AvgIpc) is 2.62. The highest BCUT2D eigenvalue weighted by molar-refractivity contribution is 5.79. The van der Waals surface area contributed by atoms with Crippen LogP contribution in [0.25, 0.3) is 0 Å². The van der Waals surface area contributed by atoms with Crippen molar-refractivity contribution in [2.75, 3.05) is 19.8 Å². The fourth-order valence-electron chi connectivity index (χ4n) is 2.53. The minimum absolute atomic E-state index is 0.337. The van der Waals surface area contributed by atoms with Crippen LogP contribution in [0.3, 0.4) is 0 Å². The number of ether oxygens (including phenoxy) is 1. The Kier molecular flexibility index (Phi) is 3.29. The summed E-state index contributed by atoms with van der Waals surface area (Å²) in [6.07, 6.45) is 2.96. The van der Waals surface area contributed by atoms with Crippen LogP contribution in [-0.2, 0) is 9.53 Å². The molecule has 2 atom stereocenters. The molecule has 86 valence electrons. The van der Waals surface area contributed by atoms with Crippen molar-refractivity contribution in [3.8, 4) is 0 Å². The Balaban J connectivity index is 1.95. The average molecular weight is 211 g/mol. The summed E-state index contributed by atoms with van der Waals surface area (Å²) < 4.78 is 5.44. The number of nitrogens with zero attached hydrogens (tertiary/aromatic N) is 1. The quantitative estimate of drug-likeness (QED) is 0.695. The highest BCUT2D eigenvalue weighted by Crippen LogP contribution is 2.28. The molecular weight excluding hydrogens is 190 g/mol. The monoisotopic (exact) mass is 211 g/mol. The highest BCUT2D eigenvalue weighted by atomic mass is 16.5. The molecule has 2 fully saturated rings. The van der Waals surface area contributed by atoms with Gasteiger partial charge in [0.05, 0.1) is 12.6 Å². The molecule has 2 saturated heterocycles. The Bertz CT molecular complexity index is 234. The molecule has 1 amide bonds. The van der Waals surface area contributed by atoms with Gasteiger partial charge in [0.2, 0.25) is 5.91 Å². The van der Waals surface area contributed by atoms with Crippen molar-refractivity contribution < 1.29 is 9.53 Å². The molecule has 0 bridgehead atoms. The molecule has 0 spiro atoms. The SMILES string of the molecule is CC(C)C1CC(=O)N([C@@H]2CCCOC2)C1. The van der Waals surface area contributed by atoms with Crippen molar-refractivity contribution in [1.82, 2.24) is 4.90 Å². The van der Waals surface area contributed by atoms with Gasteiger partial charge in [0.1, 0.15) is 0 Å². The van der Waals surface area contributed by atoms with Crippen LogP contribution in [0.5, 0.6) is 0 Å². The van der Waals surface area contributed by atoms with E-state index in [9.17, 15) is 4.79 Å². The summed E-state index contributed by atoms with van der Waals surface area (Å²) in [5.74, 6) is 1.51. The lowest BCUT2D eigenvalue weighted by Crippen LogP contribution is -2.42. The molecule has 3 heteroatoms. The van der Waals surface area contributed by atoms with Crippen LogP contribution < -0.4 is 0 Å². The summed E-state index contributed by atoms with van der Waals surface area (Å²) in [6, 6.07) is 0.356. The van der Waals surface area contributed by atoms with Crippen molar-refractivity contribution in [3.05, 3.63) is 0 Å². The number of rotatable bonds is 2. The van der Waals surface area contributed by atoms with Crippen LogP contribution in [0.2, 0.25) is 0 Å². The first-order valence-electron chi connectivity index (χ1n) is 6.05. The predicted octanol–water partition coefficient (Wildman–Crippen LogP) is 1.67. The normalized spacial score (nSPS) is 32.7. The molecule has 0 aromatic carbocycles. The van der Waals surface area contributed by atoms with Gasteiger partial charge < -0.3 is 9.64 Å². The second-order valence-electron chi connectivity index (χ2n) is 5.13. The summed E-state index contributed by atoms with van der Waals surface area (Å²) in [6.45, 7) is 6.98. The standard InChI is InChI=1S/C12H21NO2/c1-9(2)10-6-12(14)13(7-10)11-4-3-5-15-8-11/h9-11H,3-8H2,1-2H3/t10?,11-/m1/s1. The van der Waals surface area contributed by atoms with Gasteiger partial charge in [-0.15, -0.1) is 0 Å². The maximum atomic E-state index is 11.9. The van der Waals surface area contributed by atoms with E-state index in [0.29, 0.717) is 23.8 Å². The number of hydrogen-bond acceptors (Lipinski definition) is 2. The molecule has 15 heavy (non-hydrogen) atoms. The molecule has 2 heterocycles. The number of likely N-dealkylation sites (tertiary alicyclic amines) is 1. The molecular formula is C12H21NO2. The van der Waals surface area contributed by atoms with Crippen molar-refractivity contribution in [2.24, 2.45) is 11.8 Å². The number of amides is 1. The molecule has 0 saturated carbocycles. The van der Waals surface area contributed by atoms with E-state index in [-0.39, 0.29) is 0 Å². The molecule has 0 aliphatic carbocycles. The van der Waals surface area contributed by atoms with Gasteiger partial charge in [-0.1, -0.05) is 13.8 Å². The first kappa shape index (κ1) is 10.9. The van der Waals surface area contributed by atoms with Crippen LogP contribution in [-0.4, -0.2) is 36.6 Å². The van der Waals surface area contributed by atoms with Gasteiger partial charge in [-0.2, -0.15) is 0 Å². The van der Waals surface area contributed by atoms with Gasteiger partial charge in [-0.25, -0.2) is 0 Å². The third kappa shape index (κ3) is 2.33. The second kappa shape index (κ2) is 4.52. The van der Waals surface area contributed by atoms with Crippen LogP contribution in [0.4, 0.5) is 0 Å². The van der Waals surface area contributed by atoms with Gasteiger partial charge >= 0.3 is 0 Å². The number of hydrogen-bond donors (Lipinski definition) is 0. The molecule has 0 aromatic heterocycles.